The molecule has 2 unspecified atom stereocenters. The van der Waals surface area contributed by atoms with E-state index in [-0.39, 0.29) is 18.6 Å². The molecular weight excluding hydrogens is 396 g/mol. The highest BCUT2D eigenvalue weighted by Crippen LogP contribution is 2.26. The first-order valence-corrected chi connectivity index (χ1v) is 10.5. The van der Waals surface area contributed by atoms with Crippen LogP contribution in [-0.4, -0.2) is 38.3 Å². The van der Waals surface area contributed by atoms with Gasteiger partial charge in [-0.3, -0.25) is 9.78 Å². The normalized spacial score (nSPS) is 18.5. The summed E-state index contributed by atoms with van der Waals surface area (Å²) in [6.07, 6.45) is 6.26. The van der Waals surface area contributed by atoms with E-state index in [9.17, 15) is 9.90 Å². The predicted molar refractivity (Wildman–Crippen MR) is 114 cm³/mol. The second-order valence-corrected chi connectivity index (χ2v) is 7.86. The Kier molecular flexibility index (Phi) is 6.27. The molecule has 0 bridgehead atoms. The molecule has 0 saturated heterocycles. The van der Waals surface area contributed by atoms with E-state index in [4.69, 9.17) is 9.26 Å². The molecule has 2 N–H and O–H groups in total. The maximum Gasteiger partial charge on any atom is 0.253 e. The number of aliphatic hydroxyl groups excluding tert-OH is 1. The van der Waals surface area contributed by atoms with Crippen LogP contribution in [0, 0.1) is 13.8 Å². The summed E-state index contributed by atoms with van der Waals surface area (Å²) in [7, 11) is 0. The zero-order valence-corrected chi connectivity index (χ0v) is 17.7. The number of amides is 1. The zero-order valence-electron chi connectivity index (χ0n) is 17.7. The van der Waals surface area contributed by atoms with Crippen LogP contribution in [0.3, 0.4) is 0 Å². The molecule has 3 aromatic rings. The van der Waals surface area contributed by atoms with Crippen molar-refractivity contribution in [1.29, 1.82) is 0 Å². The molecular formula is C23H26N4O4. The van der Waals surface area contributed by atoms with E-state index in [0.29, 0.717) is 22.9 Å². The Labute approximate surface area is 180 Å². The molecule has 1 saturated carbocycles. The van der Waals surface area contributed by atoms with Gasteiger partial charge >= 0.3 is 0 Å². The van der Waals surface area contributed by atoms with E-state index < -0.39 is 6.10 Å². The van der Waals surface area contributed by atoms with Gasteiger partial charge in [0.2, 0.25) is 5.88 Å². The number of nitrogens with zero attached hydrogens (tertiary/aromatic N) is 3. The number of hydrogen-bond acceptors (Lipinski definition) is 7. The average Bonchev–Trinajstić information content (AvgIpc) is 3.15. The maximum absolute atomic E-state index is 12.5. The van der Waals surface area contributed by atoms with E-state index in [1.165, 1.54) is 6.20 Å². The second-order valence-electron chi connectivity index (χ2n) is 7.86. The van der Waals surface area contributed by atoms with Crippen molar-refractivity contribution in [3.05, 3.63) is 59.2 Å². The smallest absolute Gasteiger partial charge is 0.253 e. The van der Waals surface area contributed by atoms with Crippen LogP contribution in [0.5, 0.6) is 5.88 Å². The van der Waals surface area contributed by atoms with Crippen molar-refractivity contribution in [2.45, 2.75) is 58.3 Å². The zero-order chi connectivity index (χ0) is 21.8. The third-order valence-electron chi connectivity index (χ3n) is 5.58. The van der Waals surface area contributed by atoms with Crippen LogP contribution >= 0.6 is 0 Å². The van der Waals surface area contributed by atoms with Gasteiger partial charge in [0.15, 0.2) is 0 Å². The number of rotatable bonds is 6. The number of hydrogen-bond donors (Lipinski definition) is 2. The lowest BCUT2D eigenvalue weighted by molar-refractivity contribution is 0.0717. The number of aryl methyl sites for hydroxylation is 2. The SMILES string of the molecule is Cc1ccc(-c2noc(C)c2COc2ccc(C(=O)NC3CCCCC3O)cn2)cn1. The van der Waals surface area contributed by atoms with E-state index in [0.717, 1.165) is 42.5 Å². The second kappa shape index (κ2) is 9.26. The van der Waals surface area contributed by atoms with Gasteiger partial charge in [0.05, 0.1) is 23.3 Å². The Bertz CT molecular complexity index is 1030. The van der Waals surface area contributed by atoms with Crippen LogP contribution in [0.1, 0.15) is 53.1 Å². The lowest BCUT2D eigenvalue weighted by atomic mass is 9.92. The molecule has 1 aliphatic carbocycles. The van der Waals surface area contributed by atoms with Crippen molar-refractivity contribution in [1.82, 2.24) is 20.4 Å². The van der Waals surface area contributed by atoms with Gasteiger partial charge in [-0.15, -0.1) is 0 Å². The Morgan fingerprint density at radius 3 is 2.71 bits per heavy atom. The summed E-state index contributed by atoms with van der Waals surface area (Å²) in [4.78, 5) is 21.0. The average molecular weight is 422 g/mol. The first-order valence-electron chi connectivity index (χ1n) is 10.5. The number of pyridine rings is 2. The number of aliphatic hydroxyl groups is 1. The van der Waals surface area contributed by atoms with Crippen LogP contribution < -0.4 is 10.1 Å². The number of ether oxygens (including phenoxy) is 1. The molecule has 8 heteroatoms. The largest absolute Gasteiger partial charge is 0.473 e. The lowest BCUT2D eigenvalue weighted by Gasteiger charge is -2.28. The van der Waals surface area contributed by atoms with Crippen molar-refractivity contribution < 1.29 is 19.2 Å². The fourth-order valence-corrected chi connectivity index (χ4v) is 3.67. The summed E-state index contributed by atoms with van der Waals surface area (Å²) in [6, 6.07) is 6.98. The minimum absolute atomic E-state index is 0.205. The minimum atomic E-state index is -0.488. The Morgan fingerprint density at radius 1 is 1.16 bits per heavy atom. The highest BCUT2D eigenvalue weighted by molar-refractivity contribution is 5.94. The quantitative estimate of drug-likeness (QED) is 0.627. The molecule has 2 atom stereocenters. The van der Waals surface area contributed by atoms with Crippen molar-refractivity contribution in [3.63, 3.8) is 0 Å². The lowest BCUT2D eigenvalue weighted by Crippen LogP contribution is -2.45. The Morgan fingerprint density at radius 2 is 2.00 bits per heavy atom. The number of carbonyl (C=O) groups excluding carboxylic acids is 1. The molecule has 3 aromatic heterocycles. The first-order chi connectivity index (χ1) is 15.0. The third kappa shape index (κ3) is 4.91. The molecule has 0 aromatic carbocycles. The monoisotopic (exact) mass is 422 g/mol. The summed E-state index contributed by atoms with van der Waals surface area (Å²) in [6.45, 7) is 3.98. The number of carbonyl (C=O) groups is 1. The van der Waals surface area contributed by atoms with Crippen LogP contribution in [0.15, 0.2) is 41.2 Å². The fourth-order valence-electron chi connectivity index (χ4n) is 3.67. The van der Waals surface area contributed by atoms with Crippen molar-refractivity contribution in [3.8, 4) is 17.1 Å². The Balaban J connectivity index is 1.39. The van der Waals surface area contributed by atoms with E-state index >= 15 is 0 Å². The summed E-state index contributed by atoms with van der Waals surface area (Å²) in [5.74, 6) is 0.814. The molecule has 1 fully saturated rings. The van der Waals surface area contributed by atoms with Crippen molar-refractivity contribution >= 4 is 5.91 Å². The van der Waals surface area contributed by atoms with Gasteiger partial charge in [-0.2, -0.15) is 0 Å². The summed E-state index contributed by atoms with van der Waals surface area (Å²) in [5.41, 5.74) is 3.71. The van der Waals surface area contributed by atoms with Crippen LogP contribution in [0.2, 0.25) is 0 Å². The van der Waals surface area contributed by atoms with Crippen molar-refractivity contribution in [2.24, 2.45) is 0 Å². The van der Waals surface area contributed by atoms with E-state index in [2.05, 4.69) is 20.4 Å². The molecule has 0 aliphatic heterocycles. The van der Waals surface area contributed by atoms with Crippen molar-refractivity contribution in [2.75, 3.05) is 0 Å². The van der Waals surface area contributed by atoms with Gasteiger partial charge in [-0.05, 0) is 44.9 Å². The molecule has 1 aliphatic rings. The number of nitrogens with one attached hydrogen (secondary N) is 1. The summed E-state index contributed by atoms with van der Waals surface area (Å²) < 4.78 is 11.2. The molecule has 3 heterocycles. The molecule has 8 nitrogen and oxygen atoms in total. The molecule has 4 rings (SSSR count). The van der Waals surface area contributed by atoms with Gasteiger partial charge < -0.3 is 19.7 Å². The van der Waals surface area contributed by atoms with E-state index in [1.54, 1.807) is 18.3 Å². The summed E-state index contributed by atoms with van der Waals surface area (Å²) in [5, 5.41) is 17.1. The van der Waals surface area contributed by atoms with Gasteiger partial charge in [-0.1, -0.05) is 18.0 Å². The fraction of sp³-hybridized carbons (Fsp3) is 0.391. The molecule has 0 spiro atoms. The minimum Gasteiger partial charge on any atom is -0.473 e. The highest BCUT2D eigenvalue weighted by atomic mass is 16.5. The molecule has 1 amide bonds. The van der Waals surface area contributed by atoms with Gasteiger partial charge in [-0.25, -0.2) is 4.98 Å². The topological polar surface area (TPSA) is 110 Å². The van der Waals surface area contributed by atoms with Gasteiger partial charge in [0, 0.05) is 29.7 Å². The van der Waals surface area contributed by atoms with Gasteiger partial charge in [0.1, 0.15) is 18.1 Å². The number of aromatic nitrogens is 3. The Hall–Kier alpha value is -3.26. The molecule has 162 valence electrons. The highest BCUT2D eigenvalue weighted by Gasteiger charge is 2.25. The molecule has 0 radical (unpaired) electrons. The standard InChI is InChI=1S/C23H26N4O4/c1-14-7-8-16(11-24-14)22-18(15(2)31-27-22)13-30-21-10-9-17(12-25-21)23(29)26-19-5-3-4-6-20(19)28/h7-12,19-20,28H,3-6,13H2,1-2H3,(H,26,29). The van der Waals surface area contributed by atoms with Crippen LogP contribution in [0.25, 0.3) is 11.3 Å². The predicted octanol–water partition coefficient (Wildman–Crippen LogP) is 3.36. The molecule has 31 heavy (non-hydrogen) atoms. The third-order valence-corrected chi connectivity index (χ3v) is 5.58. The van der Waals surface area contributed by atoms with Crippen LogP contribution in [-0.2, 0) is 6.61 Å². The van der Waals surface area contributed by atoms with E-state index in [1.807, 2.05) is 26.0 Å². The first kappa shape index (κ1) is 21.0. The van der Waals surface area contributed by atoms with Crippen LogP contribution in [0.4, 0.5) is 0 Å². The maximum atomic E-state index is 12.5. The van der Waals surface area contributed by atoms with Gasteiger partial charge in [0.25, 0.3) is 5.91 Å². The summed E-state index contributed by atoms with van der Waals surface area (Å²) >= 11 is 0.